The Morgan fingerprint density at radius 1 is 1.37 bits per heavy atom. The SMILES string of the molecule is COC(=O)c1c(CC(F)(F)F)[nH]c2c(F)cccc12. The van der Waals surface area contributed by atoms with Gasteiger partial charge >= 0.3 is 12.1 Å². The molecular formula is C12H9F4NO2. The first kappa shape index (κ1) is 13.4. The molecule has 102 valence electrons. The maximum absolute atomic E-state index is 13.5. The average Bonchev–Trinajstić information content (AvgIpc) is 2.65. The van der Waals surface area contributed by atoms with Crippen LogP contribution in [0.15, 0.2) is 18.2 Å². The molecule has 0 saturated heterocycles. The molecule has 0 aliphatic rings. The molecule has 0 aliphatic heterocycles. The van der Waals surface area contributed by atoms with Gasteiger partial charge in [0.15, 0.2) is 0 Å². The number of benzene rings is 1. The number of nitrogens with one attached hydrogen (secondary N) is 1. The van der Waals surface area contributed by atoms with Crippen LogP contribution in [0.5, 0.6) is 0 Å². The van der Waals surface area contributed by atoms with Gasteiger partial charge in [-0.2, -0.15) is 13.2 Å². The molecule has 7 heteroatoms. The van der Waals surface area contributed by atoms with E-state index in [4.69, 9.17) is 0 Å². The summed E-state index contributed by atoms with van der Waals surface area (Å²) in [6, 6.07) is 3.77. The van der Waals surface area contributed by atoms with Gasteiger partial charge in [0.2, 0.25) is 0 Å². The summed E-state index contributed by atoms with van der Waals surface area (Å²) >= 11 is 0. The van der Waals surface area contributed by atoms with Crippen LogP contribution < -0.4 is 0 Å². The van der Waals surface area contributed by atoms with Crippen LogP contribution in [-0.4, -0.2) is 24.2 Å². The molecule has 0 amide bonds. The van der Waals surface area contributed by atoms with Gasteiger partial charge in [-0.15, -0.1) is 0 Å². The summed E-state index contributed by atoms with van der Waals surface area (Å²) in [4.78, 5) is 13.9. The lowest BCUT2D eigenvalue weighted by Crippen LogP contribution is -2.15. The molecule has 2 rings (SSSR count). The van der Waals surface area contributed by atoms with Crippen molar-refractivity contribution in [1.82, 2.24) is 4.98 Å². The van der Waals surface area contributed by atoms with E-state index in [1.165, 1.54) is 12.1 Å². The zero-order chi connectivity index (χ0) is 14.2. The van der Waals surface area contributed by atoms with Crippen molar-refractivity contribution >= 4 is 16.9 Å². The Bertz CT molecular complexity index is 630. The highest BCUT2D eigenvalue weighted by Crippen LogP contribution is 2.30. The van der Waals surface area contributed by atoms with Gasteiger partial charge in [-0.25, -0.2) is 9.18 Å². The largest absolute Gasteiger partial charge is 0.465 e. The zero-order valence-electron chi connectivity index (χ0n) is 9.77. The van der Waals surface area contributed by atoms with Crippen LogP contribution in [0.2, 0.25) is 0 Å². The molecule has 0 aliphatic carbocycles. The standard InChI is InChI=1S/C12H9F4NO2/c1-19-11(18)9-6-3-2-4-7(13)10(6)17-8(9)5-12(14,15)16/h2-4,17H,5H2,1H3. The number of ether oxygens (including phenoxy) is 1. The summed E-state index contributed by atoms with van der Waals surface area (Å²) < 4.78 is 55.3. The van der Waals surface area contributed by atoms with Crippen molar-refractivity contribution in [3.8, 4) is 0 Å². The van der Waals surface area contributed by atoms with Gasteiger partial charge in [-0.1, -0.05) is 12.1 Å². The smallest absolute Gasteiger partial charge is 0.394 e. The first-order valence-corrected chi connectivity index (χ1v) is 5.27. The summed E-state index contributed by atoms with van der Waals surface area (Å²) in [5, 5.41) is 0.0751. The van der Waals surface area contributed by atoms with Crippen LogP contribution in [-0.2, 0) is 11.2 Å². The molecule has 3 nitrogen and oxygen atoms in total. The van der Waals surface area contributed by atoms with Gasteiger partial charge in [0.05, 0.1) is 24.6 Å². The highest BCUT2D eigenvalue weighted by Gasteiger charge is 2.32. The number of aromatic nitrogens is 1. The van der Waals surface area contributed by atoms with Crippen molar-refractivity contribution in [1.29, 1.82) is 0 Å². The molecule has 1 aromatic carbocycles. The fraction of sp³-hybridized carbons (Fsp3) is 0.250. The number of carbonyl (C=O) groups excluding carboxylic acids is 1. The maximum atomic E-state index is 13.5. The number of carbonyl (C=O) groups is 1. The Kier molecular flexibility index (Phi) is 3.21. The summed E-state index contributed by atoms with van der Waals surface area (Å²) in [6.07, 6.45) is -5.87. The molecule has 0 unspecified atom stereocenters. The molecule has 1 aromatic heterocycles. The van der Waals surface area contributed by atoms with Crippen molar-refractivity contribution in [3.63, 3.8) is 0 Å². The molecule has 0 spiro atoms. The highest BCUT2D eigenvalue weighted by atomic mass is 19.4. The molecule has 1 N–H and O–H groups in total. The molecule has 2 aromatic rings. The van der Waals surface area contributed by atoms with Crippen molar-refractivity contribution in [2.45, 2.75) is 12.6 Å². The second-order valence-corrected chi connectivity index (χ2v) is 3.92. The minimum Gasteiger partial charge on any atom is -0.465 e. The zero-order valence-corrected chi connectivity index (χ0v) is 9.77. The number of aromatic amines is 1. The molecule has 0 radical (unpaired) electrons. The minimum atomic E-state index is -4.51. The molecule has 19 heavy (non-hydrogen) atoms. The maximum Gasteiger partial charge on any atom is 0.394 e. The van der Waals surface area contributed by atoms with Crippen LogP contribution in [0.3, 0.4) is 0 Å². The highest BCUT2D eigenvalue weighted by molar-refractivity contribution is 6.05. The Hall–Kier alpha value is -2.05. The van der Waals surface area contributed by atoms with Crippen LogP contribution in [0, 0.1) is 5.82 Å². The number of alkyl halides is 3. The lowest BCUT2D eigenvalue weighted by molar-refractivity contribution is -0.127. The Morgan fingerprint density at radius 2 is 2.05 bits per heavy atom. The fourth-order valence-corrected chi connectivity index (χ4v) is 1.90. The Balaban J connectivity index is 2.68. The minimum absolute atomic E-state index is 0.0751. The monoisotopic (exact) mass is 275 g/mol. The van der Waals surface area contributed by atoms with Gasteiger partial charge < -0.3 is 9.72 Å². The van der Waals surface area contributed by atoms with Crippen LogP contribution in [0.4, 0.5) is 17.6 Å². The summed E-state index contributed by atoms with van der Waals surface area (Å²) in [6.45, 7) is 0. The number of hydrogen-bond acceptors (Lipinski definition) is 2. The van der Waals surface area contributed by atoms with Gasteiger partial charge in [0.1, 0.15) is 5.82 Å². The number of fused-ring (bicyclic) bond motifs is 1. The number of halogens is 4. The van der Waals surface area contributed by atoms with E-state index in [-0.39, 0.29) is 16.5 Å². The van der Waals surface area contributed by atoms with Gasteiger partial charge in [0, 0.05) is 11.1 Å². The molecule has 0 saturated carbocycles. The van der Waals surface area contributed by atoms with Crippen molar-refractivity contribution in [3.05, 3.63) is 35.3 Å². The summed E-state index contributed by atoms with van der Waals surface area (Å²) in [7, 11) is 1.05. The lowest BCUT2D eigenvalue weighted by atomic mass is 10.1. The lowest BCUT2D eigenvalue weighted by Gasteiger charge is -2.06. The van der Waals surface area contributed by atoms with Gasteiger partial charge in [0.25, 0.3) is 0 Å². The molecule has 1 heterocycles. The third-order valence-electron chi connectivity index (χ3n) is 2.63. The number of para-hydroxylation sites is 1. The van der Waals surface area contributed by atoms with E-state index in [1.54, 1.807) is 0 Å². The third-order valence-corrected chi connectivity index (χ3v) is 2.63. The van der Waals surface area contributed by atoms with Gasteiger partial charge in [-0.3, -0.25) is 0 Å². The third kappa shape index (κ3) is 2.54. The predicted molar refractivity (Wildman–Crippen MR) is 59.4 cm³/mol. The summed E-state index contributed by atoms with van der Waals surface area (Å²) in [5.41, 5.74) is -0.823. The molecule has 0 fully saturated rings. The molecule has 0 atom stereocenters. The van der Waals surface area contributed by atoms with E-state index in [0.717, 1.165) is 13.2 Å². The van der Waals surface area contributed by atoms with E-state index in [1.807, 2.05) is 0 Å². The number of esters is 1. The van der Waals surface area contributed by atoms with Crippen molar-refractivity contribution < 1.29 is 27.1 Å². The fourth-order valence-electron chi connectivity index (χ4n) is 1.90. The van der Waals surface area contributed by atoms with E-state index >= 15 is 0 Å². The number of rotatable bonds is 2. The van der Waals surface area contributed by atoms with E-state index < -0.39 is 30.1 Å². The van der Waals surface area contributed by atoms with Crippen LogP contribution in [0.25, 0.3) is 10.9 Å². The van der Waals surface area contributed by atoms with E-state index in [0.29, 0.717) is 0 Å². The van der Waals surface area contributed by atoms with Crippen LogP contribution in [0.1, 0.15) is 16.1 Å². The van der Waals surface area contributed by atoms with Gasteiger partial charge in [-0.05, 0) is 6.07 Å². The number of hydrogen-bond donors (Lipinski definition) is 1. The second kappa shape index (κ2) is 4.56. The normalized spacial score (nSPS) is 11.8. The number of methoxy groups -OCH3 is 1. The topological polar surface area (TPSA) is 42.1 Å². The average molecular weight is 275 g/mol. The molecular weight excluding hydrogens is 266 g/mol. The quantitative estimate of drug-likeness (QED) is 0.675. The van der Waals surface area contributed by atoms with Crippen LogP contribution >= 0.6 is 0 Å². The summed E-state index contributed by atoms with van der Waals surface area (Å²) in [5.74, 6) is -1.66. The Labute approximate surface area is 105 Å². The first-order chi connectivity index (χ1) is 8.83. The number of H-pyrrole nitrogens is 1. The second-order valence-electron chi connectivity index (χ2n) is 3.92. The predicted octanol–water partition coefficient (Wildman–Crippen LogP) is 3.20. The van der Waals surface area contributed by atoms with Crippen molar-refractivity contribution in [2.75, 3.05) is 7.11 Å². The first-order valence-electron chi connectivity index (χ1n) is 5.27. The molecule has 0 bridgehead atoms. The van der Waals surface area contributed by atoms with E-state index in [9.17, 15) is 22.4 Å². The van der Waals surface area contributed by atoms with E-state index in [2.05, 4.69) is 9.72 Å². The van der Waals surface area contributed by atoms with Crippen molar-refractivity contribution in [2.24, 2.45) is 0 Å². The Morgan fingerprint density at radius 3 is 2.63 bits per heavy atom.